The zero-order valence-corrected chi connectivity index (χ0v) is 11.5. The maximum atomic E-state index is 11.6. The molecule has 0 aromatic carbocycles. The lowest BCUT2D eigenvalue weighted by molar-refractivity contribution is -0.131. The van der Waals surface area contributed by atoms with Crippen molar-refractivity contribution in [1.82, 2.24) is 10.7 Å². The molecule has 2 amide bonds. The molecular weight excluding hydrogens is 238 g/mol. The minimum absolute atomic E-state index is 0.162. The van der Waals surface area contributed by atoms with Gasteiger partial charge in [-0.05, 0) is 26.7 Å². The molecule has 106 valence electrons. The van der Waals surface area contributed by atoms with Crippen LogP contribution in [-0.2, 0) is 9.53 Å². The van der Waals surface area contributed by atoms with Crippen molar-refractivity contribution in [2.75, 3.05) is 0 Å². The molecular formula is C11H23N3O4. The van der Waals surface area contributed by atoms with Crippen molar-refractivity contribution in [3.8, 4) is 0 Å². The Morgan fingerprint density at radius 3 is 2.11 bits per heavy atom. The van der Waals surface area contributed by atoms with Crippen LogP contribution < -0.4 is 16.6 Å². The Labute approximate surface area is 107 Å². The van der Waals surface area contributed by atoms with Gasteiger partial charge in [0.2, 0.25) is 0 Å². The van der Waals surface area contributed by atoms with Gasteiger partial charge in [0.1, 0.15) is 5.60 Å². The van der Waals surface area contributed by atoms with E-state index in [4.69, 9.17) is 10.6 Å². The zero-order chi connectivity index (χ0) is 14.5. The number of amides is 2. The van der Waals surface area contributed by atoms with Crippen LogP contribution in [0.4, 0.5) is 4.79 Å². The highest BCUT2D eigenvalue weighted by Gasteiger charge is 2.31. The van der Waals surface area contributed by atoms with Crippen molar-refractivity contribution >= 4 is 12.0 Å². The van der Waals surface area contributed by atoms with E-state index in [1.165, 1.54) is 0 Å². The second-order valence-electron chi connectivity index (χ2n) is 5.37. The number of hydrogen-bond donors (Lipinski definition) is 4. The number of aliphatic hydroxyl groups is 1. The molecule has 0 fully saturated rings. The van der Waals surface area contributed by atoms with Crippen LogP contribution in [-0.4, -0.2) is 34.9 Å². The Morgan fingerprint density at radius 1 is 1.28 bits per heavy atom. The van der Waals surface area contributed by atoms with Gasteiger partial charge in [-0.2, -0.15) is 0 Å². The van der Waals surface area contributed by atoms with Crippen LogP contribution in [0.1, 0.15) is 34.6 Å². The molecule has 0 bridgehead atoms. The Bertz CT molecular complexity index is 299. The molecule has 0 aliphatic heterocycles. The summed E-state index contributed by atoms with van der Waals surface area (Å²) >= 11 is 0. The molecule has 18 heavy (non-hydrogen) atoms. The number of carbonyl (C=O) groups is 2. The largest absolute Gasteiger partial charge is 0.444 e. The van der Waals surface area contributed by atoms with Crippen molar-refractivity contribution in [2.24, 2.45) is 11.8 Å². The Kier molecular flexibility index (Phi) is 6.07. The molecule has 0 aliphatic carbocycles. The third-order valence-electron chi connectivity index (χ3n) is 2.15. The first kappa shape index (κ1) is 16.7. The second kappa shape index (κ2) is 6.55. The van der Waals surface area contributed by atoms with Gasteiger partial charge in [-0.1, -0.05) is 13.8 Å². The lowest BCUT2D eigenvalue weighted by Crippen LogP contribution is -2.54. The maximum Gasteiger partial charge on any atom is 0.407 e. The molecule has 7 heteroatoms. The SMILES string of the molecule is CC(C)C(NC(=O)OC(C)(C)C)C(O)C(=O)NN. The van der Waals surface area contributed by atoms with Gasteiger partial charge < -0.3 is 15.2 Å². The van der Waals surface area contributed by atoms with E-state index in [1.54, 1.807) is 34.6 Å². The quantitative estimate of drug-likeness (QED) is 0.320. The highest BCUT2D eigenvalue weighted by molar-refractivity contribution is 5.81. The second-order valence-corrected chi connectivity index (χ2v) is 5.37. The van der Waals surface area contributed by atoms with Gasteiger partial charge in [0.15, 0.2) is 6.10 Å². The summed E-state index contributed by atoms with van der Waals surface area (Å²) in [5, 5.41) is 12.2. The zero-order valence-electron chi connectivity index (χ0n) is 11.5. The van der Waals surface area contributed by atoms with Crippen molar-refractivity contribution in [3.63, 3.8) is 0 Å². The first-order chi connectivity index (χ1) is 8.08. The molecule has 2 unspecified atom stereocenters. The summed E-state index contributed by atoms with van der Waals surface area (Å²) in [5.74, 6) is 4.02. The topological polar surface area (TPSA) is 114 Å². The van der Waals surface area contributed by atoms with Gasteiger partial charge in [-0.15, -0.1) is 0 Å². The van der Waals surface area contributed by atoms with E-state index in [1.807, 2.05) is 5.43 Å². The molecule has 0 aliphatic rings. The summed E-state index contributed by atoms with van der Waals surface area (Å²) in [6, 6.07) is -0.775. The number of nitrogens with two attached hydrogens (primary N) is 1. The summed E-state index contributed by atoms with van der Waals surface area (Å²) in [4.78, 5) is 22.8. The number of rotatable bonds is 4. The number of hydrazine groups is 1. The predicted octanol–water partition coefficient (Wildman–Crippen LogP) is -0.113. The van der Waals surface area contributed by atoms with Crippen LogP contribution in [0.5, 0.6) is 0 Å². The average Bonchev–Trinajstić information content (AvgIpc) is 2.20. The first-order valence-electron chi connectivity index (χ1n) is 5.76. The van der Waals surface area contributed by atoms with Crippen LogP contribution in [0.15, 0.2) is 0 Å². The molecule has 0 heterocycles. The highest BCUT2D eigenvalue weighted by atomic mass is 16.6. The van der Waals surface area contributed by atoms with Gasteiger partial charge in [-0.3, -0.25) is 10.2 Å². The average molecular weight is 261 g/mol. The fraction of sp³-hybridized carbons (Fsp3) is 0.818. The first-order valence-corrected chi connectivity index (χ1v) is 5.76. The van der Waals surface area contributed by atoms with Crippen molar-refractivity contribution in [1.29, 1.82) is 0 Å². The van der Waals surface area contributed by atoms with Crippen LogP contribution in [0, 0.1) is 5.92 Å². The van der Waals surface area contributed by atoms with Crippen molar-refractivity contribution < 1.29 is 19.4 Å². The molecule has 7 nitrogen and oxygen atoms in total. The van der Waals surface area contributed by atoms with E-state index in [0.29, 0.717) is 0 Å². The minimum atomic E-state index is -1.43. The van der Waals surface area contributed by atoms with Gasteiger partial charge >= 0.3 is 6.09 Å². The van der Waals surface area contributed by atoms with E-state index in [-0.39, 0.29) is 5.92 Å². The van der Waals surface area contributed by atoms with E-state index < -0.39 is 29.7 Å². The van der Waals surface area contributed by atoms with Crippen LogP contribution in [0.2, 0.25) is 0 Å². The summed E-state index contributed by atoms with van der Waals surface area (Å²) in [6.45, 7) is 8.68. The number of alkyl carbamates (subject to hydrolysis) is 1. The lowest BCUT2D eigenvalue weighted by atomic mass is 9.98. The normalized spacial score (nSPS) is 14.9. The molecule has 0 radical (unpaired) electrons. The lowest BCUT2D eigenvalue weighted by Gasteiger charge is -2.28. The number of hydrogen-bond acceptors (Lipinski definition) is 5. The minimum Gasteiger partial charge on any atom is -0.444 e. The summed E-state index contributed by atoms with van der Waals surface area (Å²) in [5.41, 5.74) is 1.19. The third-order valence-corrected chi connectivity index (χ3v) is 2.15. The van der Waals surface area contributed by atoms with Gasteiger partial charge in [0.25, 0.3) is 5.91 Å². The molecule has 2 atom stereocenters. The highest BCUT2D eigenvalue weighted by Crippen LogP contribution is 2.11. The van der Waals surface area contributed by atoms with Crippen LogP contribution in [0.3, 0.4) is 0 Å². The number of nitrogens with one attached hydrogen (secondary N) is 2. The van der Waals surface area contributed by atoms with Crippen LogP contribution >= 0.6 is 0 Å². The van der Waals surface area contributed by atoms with Gasteiger partial charge in [0, 0.05) is 0 Å². The molecule has 0 saturated heterocycles. The Morgan fingerprint density at radius 2 is 1.78 bits per heavy atom. The fourth-order valence-electron chi connectivity index (χ4n) is 1.30. The monoisotopic (exact) mass is 261 g/mol. The molecule has 0 spiro atoms. The summed E-state index contributed by atoms with van der Waals surface area (Å²) in [6.07, 6.45) is -2.12. The molecule has 0 saturated carbocycles. The number of ether oxygens (including phenoxy) is 1. The third kappa shape index (κ3) is 5.83. The molecule has 0 aromatic rings. The van der Waals surface area contributed by atoms with E-state index in [2.05, 4.69) is 5.32 Å². The van der Waals surface area contributed by atoms with E-state index >= 15 is 0 Å². The Balaban J connectivity index is 4.64. The number of aliphatic hydroxyl groups excluding tert-OH is 1. The molecule has 0 aromatic heterocycles. The van der Waals surface area contributed by atoms with Crippen molar-refractivity contribution in [3.05, 3.63) is 0 Å². The predicted molar refractivity (Wildman–Crippen MR) is 66.3 cm³/mol. The molecule has 5 N–H and O–H groups in total. The Hall–Kier alpha value is -1.34. The van der Waals surface area contributed by atoms with Gasteiger partial charge in [0.05, 0.1) is 6.04 Å². The summed E-state index contributed by atoms with van der Waals surface area (Å²) in [7, 11) is 0. The van der Waals surface area contributed by atoms with Crippen LogP contribution in [0.25, 0.3) is 0 Å². The fourth-order valence-corrected chi connectivity index (χ4v) is 1.30. The maximum absolute atomic E-state index is 11.6. The van der Waals surface area contributed by atoms with E-state index in [9.17, 15) is 14.7 Å². The molecule has 0 rings (SSSR count). The summed E-state index contributed by atoms with van der Waals surface area (Å²) < 4.78 is 5.06. The number of carbonyl (C=O) groups excluding carboxylic acids is 2. The van der Waals surface area contributed by atoms with E-state index in [0.717, 1.165) is 0 Å². The standard InChI is InChI=1S/C11H23N3O4/c1-6(2)7(8(15)9(16)14-12)13-10(17)18-11(3,4)5/h6-8,15H,12H2,1-5H3,(H,13,17)(H,14,16). The van der Waals surface area contributed by atoms with Crippen molar-refractivity contribution in [2.45, 2.75) is 52.4 Å². The van der Waals surface area contributed by atoms with Gasteiger partial charge in [-0.25, -0.2) is 10.6 Å². The smallest absolute Gasteiger partial charge is 0.407 e.